The van der Waals surface area contributed by atoms with Gasteiger partial charge in [-0.05, 0) is 37.3 Å². The molecular weight excluding hydrogens is 350 g/mol. The molecule has 1 aromatic heterocycles. The summed E-state index contributed by atoms with van der Waals surface area (Å²) in [6, 6.07) is 7.02. The number of aromatic nitrogens is 1. The number of benzene rings is 1. The number of likely N-dealkylation sites (tertiary alicyclic amines) is 1. The highest BCUT2D eigenvalue weighted by Gasteiger charge is 2.28. The Hall–Kier alpha value is -2.15. The summed E-state index contributed by atoms with van der Waals surface area (Å²) < 4.78 is 1.20. The van der Waals surface area contributed by atoms with Crippen molar-refractivity contribution in [3.63, 3.8) is 0 Å². The van der Waals surface area contributed by atoms with Crippen molar-refractivity contribution in [2.24, 2.45) is 5.92 Å². The summed E-state index contributed by atoms with van der Waals surface area (Å²) in [4.78, 5) is 30.2. The summed E-state index contributed by atoms with van der Waals surface area (Å²) in [5, 5.41) is 13.1. The minimum Gasteiger partial charge on any atom is -0.480 e. The average molecular weight is 375 g/mol. The molecule has 2 amide bonds. The number of aliphatic carboxylic acids is 1. The first kappa shape index (κ1) is 18.6. The van der Waals surface area contributed by atoms with Gasteiger partial charge in [0.1, 0.15) is 6.04 Å². The van der Waals surface area contributed by atoms with Crippen LogP contribution in [0.1, 0.15) is 44.0 Å². The van der Waals surface area contributed by atoms with Gasteiger partial charge in [0.2, 0.25) is 0 Å². The number of nitrogens with zero attached hydrogens (tertiary/aromatic N) is 2. The first-order valence-electron chi connectivity index (χ1n) is 9.07. The number of nitrogens with one attached hydrogen (secondary N) is 1. The zero-order chi connectivity index (χ0) is 18.7. The van der Waals surface area contributed by atoms with Crippen molar-refractivity contribution in [1.29, 1.82) is 0 Å². The number of hydrogen-bond donors (Lipinski definition) is 2. The van der Waals surface area contributed by atoms with Crippen LogP contribution >= 0.6 is 11.3 Å². The van der Waals surface area contributed by atoms with Gasteiger partial charge >= 0.3 is 12.0 Å². The summed E-state index contributed by atoms with van der Waals surface area (Å²) >= 11 is 1.73. The number of hydrogen-bond acceptors (Lipinski definition) is 4. The van der Waals surface area contributed by atoms with Crippen molar-refractivity contribution in [1.82, 2.24) is 15.2 Å². The molecule has 0 unspecified atom stereocenters. The minimum atomic E-state index is -0.976. The zero-order valence-corrected chi connectivity index (χ0v) is 16.0. The van der Waals surface area contributed by atoms with E-state index >= 15 is 0 Å². The first-order valence-corrected chi connectivity index (χ1v) is 9.89. The quantitative estimate of drug-likeness (QED) is 0.835. The second kappa shape index (κ2) is 8.03. The number of carbonyl (C=O) groups is 2. The van der Waals surface area contributed by atoms with E-state index in [1.165, 1.54) is 4.70 Å². The Kier molecular flexibility index (Phi) is 5.76. The lowest BCUT2D eigenvalue weighted by Gasteiger charge is -2.32. The molecule has 7 heteroatoms. The van der Waals surface area contributed by atoms with E-state index < -0.39 is 12.0 Å². The lowest BCUT2D eigenvalue weighted by molar-refractivity contribution is -0.139. The summed E-state index contributed by atoms with van der Waals surface area (Å²) in [6.45, 7) is 5.15. The van der Waals surface area contributed by atoms with Crippen LogP contribution in [0.4, 0.5) is 4.79 Å². The molecule has 140 valence electrons. The molecule has 6 nitrogen and oxygen atoms in total. The molecule has 2 N–H and O–H groups in total. The second-order valence-electron chi connectivity index (χ2n) is 7.25. The molecule has 0 spiro atoms. The Morgan fingerprint density at radius 3 is 2.62 bits per heavy atom. The number of piperidine rings is 1. The van der Waals surface area contributed by atoms with Crippen LogP contribution < -0.4 is 5.32 Å². The second-order valence-corrected chi connectivity index (χ2v) is 8.31. The number of fused-ring (bicyclic) bond motifs is 1. The molecule has 2 aromatic rings. The zero-order valence-electron chi connectivity index (χ0n) is 15.1. The van der Waals surface area contributed by atoms with Gasteiger partial charge in [-0.15, -0.1) is 11.3 Å². The van der Waals surface area contributed by atoms with Crippen LogP contribution in [0, 0.1) is 5.92 Å². The Morgan fingerprint density at radius 2 is 2.00 bits per heavy atom. The topological polar surface area (TPSA) is 82.5 Å². The molecule has 0 radical (unpaired) electrons. The van der Waals surface area contributed by atoms with E-state index in [4.69, 9.17) is 4.98 Å². The van der Waals surface area contributed by atoms with E-state index in [1.807, 2.05) is 32.0 Å². The molecule has 1 aromatic carbocycles. The predicted molar refractivity (Wildman–Crippen MR) is 103 cm³/mol. The first-order chi connectivity index (χ1) is 12.4. The number of amides is 2. The summed E-state index contributed by atoms with van der Waals surface area (Å²) in [5.74, 6) is -0.403. The largest absolute Gasteiger partial charge is 0.480 e. The van der Waals surface area contributed by atoms with Gasteiger partial charge in [-0.3, -0.25) is 0 Å². The van der Waals surface area contributed by atoms with Crippen LogP contribution in [0.25, 0.3) is 10.2 Å². The molecule has 1 aliphatic heterocycles. The maximum Gasteiger partial charge on any atom is 0.326 e. The number of carboxylic acid groups (broad SMARTS) is 1. The molecule has 0 aliphatic carbocycles. The number of rotatable bonds is 5. The fraction of sp³-hybridized carbons (Fsp3) is 0.526. The van der Waals surface area contributed by atoms with Gasteiger partial charge in [-0.25, -0.2) is 14.6 Å². The van der Waals surface area contributed by atoms with Crippen LogP contribution in [-0.2, 0) is 4.79 Å². The smallest absolute Gasteiger partial charge is 0.326 e. The molecule has 1 atom stereocenters. The molecule has 2 heterocycles. The Bertz CT molecular complexity index is 748. The normalized spacial score (nSPS) is 16.8. The number of urea groups is 1. The maximum atomic E-state index is 12.4. The molecule has 0 saturated carbocycles. The Balaban J connectivity index is 1.57. The van der Waals surface area contributed by atoms with Crippen LogP contribution in [0.15, 0.2) is 24.3 Å². The number of carbonyl (C=O) groups excluding carboxylic acids is 1. The average Bonchev–Trinajstić information content (AvgIpc) is 3.05. The van der Waals surface area contributed by atoms with E-state index in [0.29, 0.717) is 25.4 Å². The van der Waals surface area contributed by atoms with Gasteiger partial charge in [0.15, 0.2) is 0 Å². The summed E-state index contributed by atoms with van der Waals surface area (Å²) in [7, 11) is 0. The fourth-order valence-corrected chi connectivity index (χ4v) is 4.46. The number of thiazole rings is 1. The highest BCUT2D eigenvalue weighted by molar-refractivity contribution is 7.18. The van der Waals surface area contributed by atoms with Crippen molar-refractivity contribution in [2.45, 2.75) is 45.1 Å². The van der Waals surface area contributed by atoms with E-state index in [9.17, 15) is 14.7 Å². The van der Waals surface area contributed by atoms with Crippen molar-refractivity contribution >= 4 is 33.6 Å². The van der Waals surface area contributed by atoms with E-state index in [0.717, 1.165) is 23.4 Å². The molecular formula is C19H25N3O3S. The molecule has 1 saturated heterocycles. The lowest BCUT2D eigenvalue weighted by atomic mass is 9.97. The molecule has 1 aliphatic rings. The number of carboxylic acids is 1. The van der Waals surface area contributed by atoms with Crippen molar-refractivity contribution in [3.8, 4) is 0 Å². The lowest BCUT2D eigenvalue weighted by Crippen LogP contribution is -2.50. The maximum absolute atomic E-state index is 12.4. The van der Waals surface area contributed by atoms with Crippen LogP contribution in [0.2, 0.25) is 0 Å². The third kappa shape index (κ3) is 4.33. The standard InChI is InChI=1S/C19H25N3O3S/c1-12(2)11-15(18(23)24)21-19(25)22-9-7-13(8-10-22)17-20-14-5-3-4-6-16(14)26-17/h3-6,12-13,15H,7-11H2,1-2H3,(H,21,25)(H,23,24)/t15-/m0/s1. The van der Waals surface area contributed by atoms with Gasteiger partial charge in [0, 0.05) is 19.0 Å². The van der Waals surface area contributed by atoms with Crippen molar-refractivity contribution < 1.29 is 14.7 Å². The third-order valence-corrected chi connectivity index (χ3v) is 5.94. The molecule has 1 fully saturated rings. The summed E-state index contributed by atoms with van der Waals surface area (Å²) in [6.07, 6.45) is 2.15. The molecule has 0 bridgehead atoms. The van der Waals surface area contributed by atoms with Crippen LogP contribution in [0.5, 0.6) is 0 Å². The van der Waals surface area contributed by atoms with Gasteiger partial charge in [0.25, 0.3) is 0 Å². The van der Waals surface area contributed by atoms with E-state index in [-0.39, 0.29) is 11.9 Å². The highest BCUT2D eigenvalue weighted by atomic mass is 32.1. The predicted octanol–water partition coefficient (Wildman–Crippen LogP) is 3.68. The van der Waals surface area contributed by atoms with Crippen LogP contribution in [-0.4, -0.2) is 46.1 Å². The monoisotopic (exact) mass is 375 g/mol. The van der Waals surface area contributed by atoms with Gasteiger partial charge in [-0.1, -0.05) is 26.0 Å². The third-order valence-electron chi connectivity index (χ3n) is 4.74. The molecule has 26 heavy (non-hydrogen) atoms. The van der Waals surface area contributed by atoms with Gasteiger partial charge < -0.3 is 15.3 Å². The Morgan fingerprint density at radius 1 is 1.31 bits per heavy atom. The van der Waals surface area contributed by atoms with Crippen LogP contribution in [0.3, 0.4) is 0 Å². The van der Waals surface area contributed by atoms with Crippen molar-refractivity contribution in [3.05, 3.63) is 29.3 Å². The highest BCUT2D eigenvalue weighted by Crippen LogP contribution is 2.33. The van der Waals surface area contributed by atoms with E-state index in [2.05, 4.69) is 11.4 Å². The van der Waals surface area contributed by atoms with Crippen molar-refractivity contribution in [2.75, 3.05) is 13.1 Å². The van der Waals surface area contributed by atoms with Gasteiger partial charge in [-0.2, -0.15) is 0 Å². The van der Waals surface area contributed by atoms with E-state index in [1.54, 1.807) is 16.2 Å². The van der Waals surface area contributed by atoms with Gasteiger partial charge in [0.05, 0.1) is 15.2 Å². The molecule has 3 rings (SSSR count). The summed E-state index contributed by atoms with van der Waals surface area (Å²) in [5.41, 5.74) is 1.03. The Labute approximate surface area is 157 Å². The minimum absolute atomic E-state index is 0.209. The number of para-hydroxylation sites is 1. The SMILES string of the molecule is CC(C)C[C@H](NC(=O)N1CCC(c2nc3ccccc3s2)CC1)C(=O)O. The fourth-order valence-electron chi connectivity index (χ4n) is 3.33.